The number of nitrogens with zero attached hydrogens (tertiary/aromatic N) is 2. The molecule has 1 aromatic carbocycles. The molecule has 0 spiro atoms. The van der Waals surface area contributed by atoms with Gasteiger partial charge in [0.2, 0.25) is 5.91 Å². The highest BCUT2D eigenvalue weighted by atomic mass is 16.5. The molecule has 3 heterocycles. The third-order valence-electron chi connectivity index (χ3n) is 8.94. The Labute approximate surface area is 214 Å². The average molecular weight is 497 g/mol. The van der Waals surface area contributed by atoms with Gasteiger partial charge in [0.25, 0.3) is 5.91 Å². The van der Waals surface area contributed by atoms with Crippen molar-refractivity contribution in [2.45, 2.75) is 88.1 Å². The molecule has 0 bridgehead atoms. The summed E-state index contributed by atoms with van der Waals surface area (Å²) in [4.78, 5) is 44.0. The van der Waals surface area contributed by atoms with Crippen LogP contribution in [0.4, 0.5) is 0 Å². The lowest BCUT2D eigenvalue weighted by atomic mass is 9.88. The van der Waals surface area contributed by atoms with Crippen LogP contribution in [0.1, 0.15) is 74.2 Å². The molecule has 0 unspecified atom stereocenters. The van der Waals surface area contributed by atoms with Crippen LogP contribution in [0.3, 0.4) is 0 Å². The van der Waals surface area contributed by atoms with E-state index in [9.17, 15) is 14.4 Å². The zero-order valence-electron chi connectivity index (χ0n) is 21.8. The molecule has 36 heavy (non-hydrogen) atoms. The summed E-state index contributed by atoms with van der Waals surface area (Å²) >= 11 is 0. The minimum Gasteiger partial charge on any atom is -0.366 e. The van der Waals surface area contributed by atoms with Crippen molar-refractivity contribution in [1.82, 2.24) is 20.4 Å². The summed E-state index contributed by atoms with van der Waals surface area (Å²) in [5.74, 6) is 0.101. The Kier molecular flexibility index (Phi) is 7.21. The summed E-state index contributed by atoms with van der Waals surface area (Å²) in [7, 11) is 1.83. The molecule has 0 aromatic heterocycles. The largest absolute Gasteiger partial charge is 0.366 e. The van der Waals surface area contributed by atoms with Crippen molar-refractivity contribution in [2.75, 3.05) is 33.3 Å². The SMILES string of the molecule is CN[C@H]1CN(C(=O)C2(NC(=O)c3ccc(C4CCN(C(C)C)CC4)cc3)CCCC2)[C@@H]2C(=O)CO[C@H]12. The van der Waals surface area contributed by atoms with Crippen molar-refractivity contribution in [3.8, 4) is 0 Å². The van der Waals surface area contributed by atoms with Crippen LogP contribution in [0.25, 0.3) is 0 Å². The van der Waals surface area contributed by atoms with Crippen molar-refractivity contribution in [3.05, 3.63) is 35.4 Å². The number of rotatable bonds is 6. The Hall–Kier alpha value is -2.29. The summed E-state index contributed by atoms with van der Waals surface area (Å²) in [6.45, 7) is 7.16. The molecule has 1 saturated carbocycles. The van der Waals surface area contributed by atoms with E-state index in [-0.39, 0.29) is 36.4 Å². The van der Waals surface area contributed by atoms with Gasteiger partial charge in [-0.15, -0.1) is 0 Å². The number of benzene rings is 1. The third-order valence-corrected chi connectivity index (χ3v) is 8.94. The standard InChI is InChI=1S/C28H40N4O4/c1-18(2)31-14-10-20(11-15-31)19-6-8-21(9-7-19)26(34)30-28(12-4-5-13-28)27(35)32-16-22(29-3)25-24(32)23(33)17-36-25/h6-9,18,20,22,24-25,29H,4-5,10-17H2,1-3H3,(H,30,34)/t22-,24+,25+/m0/s1. The number of ketones is 1. The molecule has 3 atom stereocenters. The highest BCUT2D eigenvalue weighted by Crippen LogP contribution is 2.36. The first kappa shape index (κ1) is 25.4. The second-order valence-electron chi connectivity index (χ2n) is 11.3. The predicted molar refractivity (Wildman–Crippen MR) is 137 cm³/mol. The van der Waals surface area contributed by atoms with Gasteiger partial charge >= 0.3 is 0 Å². The molecule has 2 N–H and O–H groups in total. The van der Waals surface area contributed by atoms with E-state index in [4.69, 9.17) is 4.74 Å². The van der Waals surface area contributed by atoms with Gasteiger partial charge in [0, 0.05) is 18.2 Å². The molecular weight excluding hydrogens is 456 g/mol. The maximum atomic E-state index is 13.9. The third kappa shape index (κ3) is 4.59. The Balaban J connectivity index is 1.28. The summed E-state index contributed by atoms with van der Waals surface area (Å²) in [6.07, 6.45) is 4.89. The summed E-state index contributed by atoms with van der Waals surface area (Å²) in [5.41, 5.74) is 0.892. The molecule has 8 nitrogen and oxygen atoms in total. The summed E-state index contributed by atoms with van der Waals surface area (Å²) in [6, 6.07) is 7.87. The fraction of sp³-hybridized carbons (Fsp3) is 0.679. The molecule has 4 fully saturated rings. The number of Topliss-reactive ketones (excluding diaryl/α,β-unsaturated/α-hetero) is 1. The molecule has 3 aliphatic heterocycles. The molecule has 8 heteroatoms. The van der Waals surface area contributed by atoms with Gasteiger partial charge in [0.1, 0.15) is 24.3 Å². The molecule has 4 aliphatic rings. The number of hydrogen-bond acceptors (Lipinski definition) is 6. The minimum atomic E-state index is -0.963. The van der Waals surface area contributed by atoms with E-state index < -0.39 is 11.6 Å². The molecule has 1 aliphatic carbocycles. The van der Waals surface area contributed by atoms with Crippen LogP contribution in [-0.2, 0) is 14.3 Å². The summed E-state index contributed by atoms with van der Waals surface area (Å²) < 4.78 is 5.70. The lowest BCUT2D eigenvalue weighted by molar-refractivity contribution is -0.142. The van der Waals surface area contributed by atoms with Crippen LogP contribution in [0.15, 0.2) is 24.3 Å². The number of nitrogens with one attached hydrogen (secondary N) is 2. The Bertz CT molecular complexity index is 980. The van der Waals surface area contributed by atoms with Gasteiger partial charge in [-0.2, -0.15) is 0 Å². The first-order chi connectivity index (χ1) is 17.3. The highest BCUT2D eigenvalue weighted by Gasteiger charge is 2.56. The number of piperidine rings is 1. The monoisotopic (exact) mass is 496 g/mol. The molecule has 2 amide bonds. The van der Waals surface area contributed by atoms with Crippen LogP contribution >= 0.6 is 0 Å². The Morgan fingerprint density at radius 3 is 2.36 bits per heavy atom. The normalized spacial score (nSPS) is 28.6. The van der Waals surface area contributed by atoms with Crippen LogP contribution in [0.2, 0.25) is 0 Å². The van der Waals surface area contributed by atoms with Crippen LogP contribution in [-0.4, -0.2) is 90.5 Å². The maximum absolute atomic E-state index is 13.9. The van der Waals surface area contributed by atoms with E-state index >= 15 is 0 Å². The zero-order valence-corrected chi connectivity index (χ0v) is 21.8. The highest BCUT2D eigenvalue weighted by molar-refractivity contribution is 6.01. The summed E-state index contributed by atoms with van der Waals surface area (Å²) in [5, 5.41) is 6.31. The predicted octanol–water partition coefficient (Wildman–Crippen LogP) is 2.08. The van der Waals surface area contributed by atoms with E-state index in [1.165, 1.54) is 5.56 Å². The number of likely N-dealkylation sites (tertiary alicyclic amines) is 2. The van der Waals surface area contributed by atoms with Crippen molar-refractivity contribution in [1.29, 1.82) is 0 Å². The Morgan fingerprint density at radius 2 is 1.75 bits per heavy atom. The first-order valence-electron chi connectivity index (χ1n) is 13.6. The van der Waals surface area contributed by atoms with E-state index in [0.717, 1.165) is 38.8 Å². The number of amides is 2. The number of carbonyl (C=O) groups is 3. The number of hydrogen-bond donors (Lipinski definition) is 2. The van der Waals surface area contributed by atoms with Gasteiger partial charge in [0.15, 0.2) is 5.78 Å². The van der Waals surface area contributed by atoms with Gasteiger partial charge in [-0.05, 0) is 83.3 Å². The van der Waals surface area contributed by atoms with Gasteiger partial charge in [-0.3, -0.25) is 14.4 Å². The Morgan fingerprint density at radius 1 is 1.08 bits per heavy atom. The lowest BCUT2D eigenvalue weighted by Gasteiger charge is -2.35. The molecule has 0 radical (unpaired) electrons. The van der Waals surface area contributed by atoms with Gasteiger partial charge in [-0.25, -0.2) is 0 Å². The van der Waals surface area contributed by atoms with Crippen LogP contribution < -0.4 is 10.6 Å². The topological polar surface area (TPSA) is 91.0 Å². The fourth-order valence-electron chi connectivity index (χ4n) is 6.71. The smallest absolute Gasteiger partial charge is 0.252 e. The van der Waals surface area contributed by atoms with Crippen molar-refractivity contribution in [2.24, 2.45) is 0 Å². The fourth-order valence-corrected chi connectivity index (χ4v) is 6.71. The van der Waals surface area contributed by atoms with Crippen LogP contribution in [0, 0.1) is 0 Å². The van der Waals surface area contributed by atoms with Gasteiger partial charge in [-0.1, -0.05) is 25.0 Å². The van der Waals surface area contributed by atoms with Crippen molar-refractivity contribution >= 4 is 17.6 Å². The second kappa shape index (κ2) is 10.2. The van der Waals surface area contributed by atoms with Gasteiger partial charge in [0.05, 0.1) is 6.04 Å². The molecule has 196 valence electrons. The average Bonchev–Trinajstić information content (AvgIpc) is 3.61. The second-order valence-corrected chi connectivity index (χ2v) is 11.3. The van der Waals surface area contributed by atoms with E-state index in [0.29, 0.717) is 36.9 Å². The quantitative estimate of drug-likeness (QED) is 0.627. The molecule has 5 rings (SSSR count). The maximum Gasteiger partial charge on any atom is 0.252 e. The zero-order chi connectivity index (χ0) is 25.4. The number of ether oxygens (including phenoxy) is 1. The molecular formula is C28H40N4O4. The first-order valence-corrected chi connectivity index (χ1v) is 13.6. The number of fused-ring (bicyclic) bond motifs is 1. The van der Waals surface area contributed by atoms with Gasteiger partial charge < -0.3 is 25.2 Å². The van der Waals surface area contributed by atoms with Crippen molar-refractivity contribution < 1.29 is 19.1 Å². The number of likely N-dealkylation sites (N-methyl/N-ethyl adjacent to an activating group) is 1. The molecule has 1 aromatic rings. The van der Waals surface area contributed by atoms with Crippen LogP contribution in [0.5, 0.6) is 0 Å². The number of carbonyl (C=O) groups excluding carboxylic acids is 3. The van der Waals surface area contributed by atoms with E-state index in [1.807, 2.05) is 19.2 Å². The van der Waals surface area contributed by atoms with Crippen molar-refractivity contribution in [3.63, 3.8) is 0 Å². The lowest BCUT2D eigenvalue weighted by Crippen LogP contribution is -2.60. The minimum absolute atomic E-state index is 0.0412. The van der Waals surface area contributed by atoms with E-state index in [1.54, 1.807) is 4.90 Å². The van der Waals surface area contributed by atoms with E-state index in [2.05, 4.69) is 41.5 Å². The molecule has 3 saturated heterocycles.